The summed E-state index contributed by atoms with van der Waals surface area (Å²) in [6.45, 7) is 6.63. The Bertz CT molecular complexity index is 1220. The van der Waals surface area contributed by atoms with E-state index >= 15 is 0 Å². The monoisotopic (exact) mass is 402 g/mol. The molecule has 0 radical (unpaired) electrons. The van der Waals surface area contributed by atoms with Crippen molar-refractivity contribution in [3.05, 3.63) is 41.2 Å². The molecule has 2 aromatic heterocycles. The van der Waals surface area contributed by atoms with E-state index in [1.54, 1.807) is 7.05 Å². The van der Waals surface area contributed by atoms with Gasteiger partial charge in [0.25, 0.3) is 5.95 Å². The predicted octanol–water partition coefficient (Wildman–Crippen LogP) is 3.33. The number of nitrogens with zero attached hydrogens (tertiary/aromatic N) is 6. The summed E-state index contributed by atoms with van der Waals surface area (Å²) < 4.78 is 2.11. The highest BCUT2D eigenvalue weighted by atomic mass is 16.1. The number of rotatable bonds is 2. The second-order valence-corrected chi connectivity index (χ2v) is 9.81. The minimum Gasteiger partial charge on any atom is -0.299 e. The summed E-state index contributed by atoms with van der Waals surface area (Å²) >= 11 is 0. The van der Waals surface area contributed by atoms with E-state index in [0.29, 0.717) is 18.2 Å². The maximum Gasteiger partial charge on any atom is 0.276 e. The Hall–Kier alpha value is -2.83. The van der Waals surface area contributed by atoms with Crippen LogP contribution in [0.4, 0.5) is 0 Å². The van der Waals surface area contributed by atoms with E-state index in [1.807, 2.05) is 12.1 Å². The van der Waals surface area contributed by atoms with E-state index in [4.69, 9.17) is 4.98 Å². The number of hydrogen-bond acceptors (Lipinski definition) is 5. The quantitative estimate of drug-likeness (QED) is 0.657. The van der Waals surface area contributed by atoms with Crippen molar-refractivity contribution < 1.29 is 4.79 Å². The Balaban J connectivity index is 1.62. The summed E-state index contributed by atoms with van der Waals surface area (Å²) in [5.41, 5.74) is 4.32. The molecule has 3 atom stereocenters. The molecular weight excluding hydrogens is 376 g/mol. The van der Waals surface area contributed by atoms with Crippen LogP contribution in [0.15, 0.2) is 24.3 Å². The van der Waals surface area contributed by atoms with Gasteiger partial charge in [0, 0.05) is 22.8 Å². The van der Waals surface area contributed by atoms with Crippen molar-refractivity contribution in [2.75, 3.05) is 0 Å². The van der Waals surface area contributed by atoms with Gasteiger partial charge in [-0.15, -0.1) is 5.10 Å². The summed E-state index contributed by atoms with van der Waals surface area (Å²) in [4.78, 5) is 19.5. The lowest BCUT2D eigenvalue weighted by Crippen LogP contribution is -2.47. The Kier molecular flexibility index (Phi) is 3.26. The van der Waals surface area contributed by atoms with Gasteiger partial charge in [-0.25, -0.2) is 4.98 Å². The number of tetrazole rings is 1. The van der Waals surface area contributed by atoms with Gasteiger partial charge in [-0.2, -0.15) is 4.80 Å². The van der Waals surface area contributed by atoms with Crippen LogP contribution in [0.5, 0.6) is 0 Å². The fourth-order valence-electron chi connectivity index (χ4n) is 6.63. The molecule has 3 aliphatic carbocycles. The molecule has 30 heavy (non-hydrogen) atoms. The van der Waals surface area contributed by atoms with Gasteiger partial charge in [-0.05, 0) is 48.8 Å². The number of fused-ring (bicyclic) bond motifs is 2. The van der Waals surface area contributed by atoms with Crippen molar-refractivity contribution >= 4 is 5.78 Å². The summed E-state index contributed by atoms with van der Waals surface area (Å²) in [6.07, 6.45) is 4.39. The van der Waals surface area contributed by atoms with Crippen molar-refractivity contribution in [3.8, 4) is 17.3 Å². The number of ketones is 1. The molecule has 3 aliphatic rings. The molecular formula is C23H26N6O. The fraction of sp³-hybridized carbons (Fsp3) is 0.522. The van der Waals surface area contributed by atoms with Gasteiger partial charge >= 0.3 is 0 Å². The normalized spacial score (nSPS) is 31.8. The average molecular weight is 403 g/mol. The minimum absolute atomic E-state index is 0.0420. The number of hydrogen-bond donors (Lipinski definition) is 0. The number of carbonyl (C=O) groups is 1. The van der Waals surface area contributed by atoms with Gasteiger partial charge in [0.15, 0.2) is 0 Å². The maximum absolute atomic E-state index is 12.8. The van der Waals surface area contributed by atoms with E-state index < -0.39 is 0 Å². The molecule has 1 aromatic carbocycles. The molecule has 7 nitrogen and oxygen atoms in total. The van der Waals surface area contributed by atoms with Crippen LogP contribution >= 0.6 is 0 Å². The number of aryl methyl sites for hydroxylation is 2. The molecule has 0 amide bonds. The van der Waals surface area contributed by atoms with E-state index in [9.17, 15) is 4.79 Å². The molecule has 154 valence electrons. The molecule has 2 saturated carbocycles. The molecule has 6 rings (SSSR count). The van der Waals surface area contributed by atoms with Crippen LogP contribution < -0.4 is 0 Å². The van der Waals surface area contributed by atoms with Crippen LogP contribution in [0, 0.1) is 17.8 Å². The average Bonchev–Trinajstić information content (AvgIpc) is 3.01. The molecule has 0 aliphatic heterocycles. The van der Waals surface area contributed by atoms with Crippen LogP contribution in [0.1, 0.15) is 56.5 Å². The van der Waals surface area contributed by atoms with Gasteiger partial charge in [0.2, 0.25) is 0 Å². The van der Waals surface area contributed by atoms with Crippen LogP contribution in [0.2, 0.25) is 0 Å². The lowest BCUT2D eigenvalue weighted by atomic mass is 9.56. The van der Waals surface area contributed by atoms with Crippen molar-refractivity contribution in [2.24, 2.45) is 17.9 Å². The van der Waals surface area contributed by atoms with Crippen LogP contribution in [-0.2, 0) is 23.7 Å². The first-order chi connectivity index (χ1) is 14.3. The third-order valence-corrected chi connectivity index (χ3v) is 8.48. The smallest absolute Gasteiger partial charge is 0.276 e. The first-order valence-corrected chi connectivity index (χ1v) is 10.8. The SMILES string of the molecule is Cc1ccccc1-c1nc2c(n1-c1nnn(C)n1)CC[C@@]13CC1(C)C(=O)CC[C@]23C. The van der Waals surface area contributed by atoms with Crippen LogP contribution in [0.25, 0.3) is 17.3 Å². The molecule has 0 saturated heterocycles. The summed E-state index contributed by atoms with van der Waals surface area (Å²) in [6, 6.07) is 8.31. The van der Waals surface area contributed by atoms with Crippen molar-refractivity contribution in [2.45, 2.75) is 58.3 Å². The van der Waals surface area contributed by atoms with Crippen molar-refractivity contribution in [3.63, 3.8) is 0 Å². The zero-order chi connectivity index (χ0) is 20.9. The van der Waals surface area contributed by atoms with Gasteiger partial charge in [0.1, 0.15) is 11.6 Å². The highest BCUT2D eigenvalue weighted by Crippen LogP contribution is 2.79. The Morgan fingerprint density at radius 2 is 1.87 bits per heavy atom. The van der Waals surface area contributed by atoms with Crippen molar-refractivity contribution in [1.82, 2.24) is 29.8 Å². The molecule has 2 fully saturated rings. The highest BCUT2D eigenvalue weighted by molar-refractivity contribution is 5.91. The number of Topliss-reactive ketones (excluding diaryl/α,β-unsaturated/α-hetero) is 1. The lowest BCUT2D eigenvalue weighted by Gasteiger charge is -2.47. The van der Waals surface area contributed by atoms with Crippen LogP contribution in [0.3, 0.4) is 0 Å². The molecule has 3 aromatic rings. The second-order valence-electron chi connectivity index (χ2n) is 9.81. The second kappa shape index (κ2) is 5.45. The lowest BCUT2D eigenvalue weighted by molar-refractivity contribution is -0.129. The van der Waals surface area contributed by atoms with Gasteiger partial charge < -0.3 is 0 Å². The molecule has 0 bridgehead atoms. The molecule has 1 spiro atoms. The number of benzene rings is 1. The van der Waals surface area contributed by atoms with E-state index in [0.717, 1.165) is 42.8 Å². The third-order valence-electron chi connectivity index (χ3n) is 8.48. The Morgan fingerprint density at radius 3 is 2.60 bits per heavy atom. The maximum atomic E-state index is 12.8. The largest absolute Gasteiger partial charge is 0.299 e. The fourth-order valence-corrected chi connectivity index (χ4v) is 6.63. The number of carbonyl (C=O) groups excluding carboxylic acids is 1. The summed E-state index contributed by atoms with van der Waals surface area (Å²) in [7, 11) is 1.78. The molecule has 2 heterocycles. The summed E-state index contributed by atoms with van der Waals surface area (Å²) in [5, 5.41) is 12.9. The first kappa shape index (κ1) is 18.0. The predicted molar refractivity (Wildman–Crippen MR) is 111 cm³/mol. The Morgan fingerprint density at radius 1 is 1.07 bits per heavy atom. The standard InChI is InChI=1S/C23H26N6O/c1-14-7-5-6-8-15(14)19-24-18-16(29(19)20-25-27-28(4)26-20)9-12-23-13-22(23,3)17(30)10-11-21(18,23)2/h5-8H,9-13H2,1-4H3/t21-,22?,23+/m1/s1. The number of imidazole rings is 1. The zero-order valence-electron chi connectivity index (χ0n) is 17.9. The minimum atomic E-state index is -0.185. The Labute approximate surface area is 175 Å². The molecule has 1 unspecified atom stereocenters. The van der Waals surface area contributed by atoms with Gasteiger partial charge in [0.05, 0.1) is 18.4 Å². The molecule has 7 heteroatoms. The highest BCUT2D eigenvalue weighted by Gasteiger charge is 2.78. The van der Waals surface area contributed by atoms with E-state index in [1.165, 1.54) is 16.1 Å². The third kappa shape index (κ3) is 1.94. The van der Waals surface area contributed by atoms with Crippen LogP contribution in [-0.4, -0.2) is 35.5 Å². The van der Waals surface area contributed by atoms with Gasteiger partial charge in [-0.3, -0.25) is 9.36 Å². The van der Waals surface area contributed by atoms with E-state index in [2.05, 4.69) is 52.9 Å². The summed E-state index contributed by atoms with van der Waals surface area (Å²) in [5.74, 6) is 1.88. The zero-order valence-corrected chi connectivity index (χ0v) is 17.9. The van der Waals surface area contributed by atoms with Gasteiger partial charge in [-0.1, -0.05) is 43.2 Å². The topological polar surface area (TPSA) is 78.5 Å². The number of aromatic nitrogens is 6. The molecule has 0 N–H and O–H groups in total. The van der Waals surface area contributed by atoms with Crippen molar-refractivity contribution in [1.29, 1.82) is 0 Å². The first-order valence-electron chi connectivity index (χ1n) is 10.8. The van der Waals surface area contributed by atoms with E-state index in [-0.39, 0.29) is 16.2 Å².